The van der Waals surface area contributed by atoms with Gasteiger partial charge in [-0.3, -0.25) is 9.59 Å². The summed E-state index contributed by atoms with van der Waals surface area (Å²) < 4.78 is 0. The molecule has 0 aliphatic carbocycles. The molecule has 1 aromatic carbocycles. The van der Waals surface area contributed by atoms with Gasteiger partial charge in [0.05, 0.1) is 12.5 Å². The van der Waals surface area contributed by atoms with Gasteiger partial charge in [0.2, 0.25) is 5.91 Å². The van der Waals surface area contributed by atoms with Gasteiger partial charge in [-0.1, -0.05) is 29.3 Å². The molecule has 120 valence electrons. The van der Waals surface area contributed by atoms with Crippen LogP contribution in [0.4, 0.5) is 0 Å². The van der Waals surface area contributed by atoms with Crippen LogP contribution in [0.15, 0.2) is 18.2 Å². The van der Waals surface area contributed by atoms with Gasteiger partial charge in [0, 0.05) is 34.5 Å². The summed E-state index contributed by atoms with van der Waals surface area (Å²) in [5.41, 5.74) is 0.876. The van der Waals surface area contributed by atoms with Crippen LogP contribution in [0.3, 0.4) is 0 Å². The second-order valence-electron chi connectivity index (χ2n) is 5.15. The van der Waals surface area contributed by atoms with Gasteiger partial charge in [0.1, 0.15) is 0 Å². The van der Waals surface area contributed by atoms with E-state index in [0.29, 0.717) is 35.2 Å². The van der Waals surface area contributed by atoms with E-state index in [-0.39, 0.29) is 18.4 Å². The monoisotopic (exact) mass is 361 g/mol. The highest BCUT2D eigenvalue weighted by molar-refractivity contribution is 7.99. The summed E-state index contributed by atoms with van der Waals surface area (Å²) in [5, 5.41) is 10.1. The van der Waals surface area contributed by atoms with E-state index in [1.54, 1.807) is 28.8 Å². The molecule has 1 aromatic rings. The van der Waals surface area contributed by atoms with Crippen molar-refractivity contribution in [1.82, 2.24) is 4.90 Å². The van der Waals surface area contributed by atoms with E-state index in [0.717, 1.165) is 11.3 Å². The molecule has 0 aromatic heterocycles. The van der Waals surface area contributed by atoms with Crippen molar-refractivity contribution in [3.63, 3.8) is 0 Å². The van der Waals surface area contributed by atoms with Crippen LogP contribution in [0.2, 0.25) is 10.0 Å². The molecule has 1 fully saturated rings. The molecule has 0 radical (unpaired) electrons. The number of rotatable bonds is 5. The summed E-state index contributed by atoms with van der Waals surface area (Å²) in [7, 11) is 0. The summed E-state index contributed by atoms with van der Waals surface area (Å²) in [6.45, 7) is 0.607. The Kier molecular flexibility index (Phi) is 6.41. The van der Waals surface area contributed by atoms with E-state index in [9.17, 15) is 9.59 Å². The van der Waals surface area contributed by atoms with Crippen molar-refractivity contribution in [2.24, 2.45) is 0 Å². The Morgan fingerprint density at radius 1 is 1.36 bits per heavy atom. The summed E-state index contributed by atoms with van der Waals surface area (Å²) in [6.07, 6.45) is 0.848. The number of nitrogens with zero attached hydrogens (tertiary/aromatic N) is 1. The lowest BCUT2D eigenvalue weighted by Gasteiger charge is -2.34. The molecule has 1 aliphatic rings. The van der Waals surface area contributed by atoms with Crippen molar-refractivity contribution in [3.8, 4) is 0 Å². The normalized spacial score (nSPS) is 18.3. The Labute approximate surface area is 143 Å². The van der Waals surface area contributed by atoms with Crippen molar-refractivity contribution in [2.75, 3.05) is 18.1 Å². The topological polar surface area (TPSA) is 57.6 Å². The number of carboxylic acids is 1. The van der Waals surface area contributed by atoms with Crippen molar-refractivity contribution in [3.05, 3.63) is 33.8 Å². The maximum atomic E-state index is 12.4. The number of hydrogen-bond acceptors (Lipinski definition) is 3. The van der Waals surface area contributed by atoms with Gasteiger partial charge in [-0.2, -0.15) is 11.8 Å². The molecule has 1 amide bonds. The van der Waals surface area contributed by atoms with Crippen molar-refractivity contribution < 1.29 is 14.7 Å². The molecule has 1 heterocycles. The summed E-state index contributed by atoms with van der Waals surface area (Å²) >= 11 is 13.6. The number of halogens is 2. The number of carboxylic acid groups (broad SMARTS) is 1. The number of amides is 1. The zero-order valence-electron chi connectivity index (χ0n) is 11.9. The average molecular weight is 362 g/mol. The number of aryl methyl sites for hydroxylation is 1. The van der Waals surface area contributed by atoms with E-state index in [2.05, 4.69) is 0 Å². The van der Waals surface area contributed by atoms with E-state index in [1.807, 2.05) is 6.07 Å². The highest BCUT2D eigenvalue weighted by Gasteiger charge is 2.28. The number of hydrogen-bond donors (Lipinski definition) is 1. The van der Waals surface area contributed by atoms with E-state index in [4.69, 9.17) is 28.3 Å². The van der Waals surface area contributed by atoms with Gasteiger partial charge in [-0.05, 0) is 24.1 Å². The van der Waals surface area contributed by atoms with Crippen LogP contribution < -0.4 is 0 Å². The predicted molar refractivity (Wildman–Crippen MR) is 89.9 cm³/mol. The summed E-state index contributed by atoms with van der Waals surface area (Å²) in [4.78, 5) is 25.0. The molecular weight excluding hydrogens is 345 g/mol. The average Bonchev–Trinajstić information content (AvgIpc) is 2.46. The van der Waals surface area contributed by atoms with Gasteiger partial charge in [0.25, 0.3) is 0 Å². The molecule has 4 nitrogen and oxygen atoms in total. The van der Waals surface area contributed by atoms with Crippen molar-refractivity contribution in [2.45, 2.75) is 25.3 Å². The van der Waals surface area contributed by atoms with Gasteiger partial charge in [0.15, 0.2) is 0 Å². The lowest BCUT2D eigenvalue weighted by atomic mass is 10.1. The SMILES string of the molecule is O=C(O)CC1CSCCN1C(=O)CCc1ccc(Cl)cc1Cl. The van der Waals surface area contributed by atoms with E-state index in [1.165, 1.54) is 0 Å². The maximum Gasteiger partial charge on any atom is 0.305 e. The van der Waals surface area contributed by atoms with Crippen LogP contribution >= 0.6 is 35.0 Å². The molecule has 1 aliphatic heterocycles. The highest BCUT2D eigenvalue weighted by atomic mass is 35.5. The number of aliphatic carboxylic acids is 1. The quantitative estimate of drug-likeness (QED) is 0.873. The van der Waals surface area contributed by atoms with Crippen LogP contribution in [0, 0.1) is 0 Å². The molecule has 0 bridgehead atoms. The number of thioether (sulfide) groups is 1. The molecule has 1 unspecified atom stereocenters. The number of benzene rings is 1. The molecule has 1 saturated heterocycles. The Balaban J connectivity index is 1.96. The fourth-order valence-electron chi connectivity index (χ4n) is 2.46. The van der Waals surface area contributed by atoms with E-state index >= 15 is 0 Å². The predicted octanol–water partition coefficient (Wildman–Crippen LogP) is 3.34. The minimum absolute atomic E-state index is 0.000438. The lowest BCUT2D eigenvalue weighted by molar-refractivity contribution is -0.140. The fourth-order valence-corrected chi connectivity index (χ4v) is 4.03. The minimum atomic E-state index is -0.869. The first-order valence-corrected chi connectivity index (χ1v) is 8.91. The number of carbonyl (C=O) groups excluding carboxylic acids is 1. The van der Waals surface area contributed by atoms with Crippen LogP contribution in [-0.2, 0) is 16.0 Å². The zero-order valence-corrected chi connectivity index (χ0v) is 14.3. The zero-order chi connectivity index (χ0) is 16.1. The number of carbonyl (C=O) groups is 2. The van der Waals surface area contributed by atoms with Gasteiger partial charge in [-0.25, -0.2) is 0 Å². The third-order valence-electron chi connectivity index (χ3n) is 3.58. The molecule has 7 heteroatoms. The largest absolute Gasteiger partial charge is 0.481 e. The summed E-state index contributed by atoms with van der Waals surface area (Å²) in [5.74, 6) is 0.646. The Morgan fingerprint density at radius 2 is 2.14 bits per heavy atom. The second-order valence-corrected chi connectivity index (χ2v) is 7.14. The molecule has 0 spiro atoms. The van der Waals surface area contributed by atoms with Gasteiger partial charge >= 0.3 is 5.97 Å². The molecule has 2 rings (SSSR count). The molecule has 22 heavy (non-hydrogen) atoms. The van der Waals surface area contributed by atoms with Crippen molar-refractivity contribution in [1.29, 1.82) is 0 Å². The third kappa shape index (κ3) is 4.80. The second kappa shape index (κ2) is 8.09. The first kappa shape index (κ1) is 17.4. The Morgan fingerprint density at radius 3 is 2.82 bits per heavy atom. The fraction of sp³-hybridized carbons (Fsp3) is 0.467. The lowest BCUT2D eigenvalue weighted by Crippen LogP contribution is -2.47. The first-order chi connectivity index (χ1) is 10.5. The minimum Gasteiger partial charge on any atom is -0.481 e. The van der Waals surface area contributed by atoms with Crippen LogP contribution in [0.5, 0.6) is 0 Å². The molecular formula is C15H17Cl2NO3S. The molecule has 1 N–H and O–H groups in total. The molecule has 1 atom stereocenters. The van der Waals surface area contributed by atoms with Crippen molar-refractivity contribution >= 4 is 46.8 Å². The summed E-state index contributed by atoms with van der Waals surface area (Å²) in [6, 6.07) is 5.01. The first-order valence-electron chi connectivity index (χ1n) is 7.00. The maximum absolute atomic E-state index is 12.4. The van der Waals surface area contributed by atoms with Gasteiger partial charge < -0.3 is 10.0 Å². The van der Waals surface area contributed by atoms with Gasteiger partial charge in [-0.15, -0.1) is 0 Å². The van der Waals surface area contributed by atoms with Crippen LogP contribution in [0.25, 0.3) is 0 Å². The highest BCUT2D eigenvalue weighted by Crippen LogP contribution is 2.24. The molecule has 0 saturated carbocycles. The standard InChI is InChI=1S/C15H17Cl2NO3S/c16-11-3-1-10(13(17)7-11)2-4-14(19)18-5-6-22-9-12(18)8-15(20)21/h1,3,7,12H,2,4-6,8-9H2,(H,20,21). The van der Waals surface area contributed by atoms with Crippen LogP contribution in [-0.4, -0.2) is 46.0 Å². The van der Waals surface area contributed by atoms with Crippen LogP contribution in [0.1, 0.15) is 18.4 Å². The van der Waals surface area contributed by atoms with E-state index < -0.39 is 5.97 Å². The smallest absolute Gasteiger partial charge is 0.305 e. The Bertz CT molecular complexity index is 568. The Hall–Kier alpha value is -0.910. The third-order valence-corrected chi connectivity index (χ3v) is 5.26.